The van der Waals surface area contributed by atoms with Gasteiger partial charge in [-0.2, -0.15) is 0 Å². The van der Waals surface area contributed by atoms with Gasteiger partial charge in [0.25, 0.3) is 0 Å². The first kappa shape index (κ1) is 8.66. The molecule has 0 aromatic heterocycles. The van der Waals surface area contributed by atoms with Crippen molar-refractivity contribution in [3.05, 3.63) is 12.7 Å². The van der Waals surface area contributed by atoms with Gasteiger partial charge < -0.3 is 10.1 Å². The fourth-order valence-corrected chi connectivity index (χ4v) is 0.593. The standard InChI is InChI=1S/C7H15NO/c1-4-5-8-7(2)6-9-3/h4,7-8H,1,5-6H2,2-3H3/t7-/m0/s1. The molecule has 0 bridgehead atoms. The summed E-state index contributed by atoms with van der Waals surface area (Å²) in [7, 11) is 1.70. The van der Waals surface area contributed by atoms with Gasteiger partial charge in [0.05, 0.1) is 6.61 Å². The Bertz CT molecular complexity index is 73.3. The Morgan fingerprint density at radius 2 is 2.44 bits per heavy atom. The molecule has 0 rings (SSSR count). The van der Waals surface area contributed by atoms with Crippen LogP contribution in [0.3, 0.4) is 0 Å². The Balaban J connectivity index is 3.04. The molecule has 0 aromatic carbocycles. The van der Waals surface area contributed by atoms with E-state index in [2.05, 4.69) is 18.8 Å². The Morgan fingerprint density at radius 1 is 1.78 bits per heavy atom. The Kier molecular flexibility index (Phi) is 5.57. The summed E-state index contributed by atoms with van der Waals surface area (Å²) >= 11 is 0. The zero-order valence-electron chi connectivity index (χ0n) is 6.18. The predicted octanol–water partition coefficient (Wildman–Crippen LogP) is 0.797. The fourth-order valence-electron chi connectivity index (χ4n) is 0.593. The molecule has 0 aliphatic carbocycles. The first-order valence-electron chi connectivity index (χ1n) is 3.14. The van der Waals surface area contributed by atoms with E-state index >= 15 is 0 Å². The van der Waals surface area contributed by atoms with Crippen LogP contribution in [0.5, 0.6) is 0 Å². The number of methoxy groups -OCH3 is 1. The summed E-state index contributed by atoms with van der Waals surface area (Å²) in [6.07, 6.45) is 1.84. The van der Waals surface area contributed by atoms with E-state index in [0.29, 0.717) is 6.04 Å². The second-order valence-corrected chi connectivity index (χ2v) is 2.05. The highest BCUT2D eigenvalue weighted by Gasteiger charge is 1.95. The molecule has 0 spiro atoms. The van der Waals surface area contributed by atoms with Crippen LogP contribution in [0.25, 0.3) is 0 Å². The highest BCUT2D eigenvalue weighted by atomic mass is 16.5. The summed E-state index contributed by atoms with van der Waals surface area (Å²) in [6, 6.07) is 0.424. The minimum Gasteiger partial charge on any atom is -0.383 e. The normalized spacial score (nSPS) is 13.1. The van der Waals surface area contributed by atoms with Gasteiger partial charge in [0.1, 0.15) is 0 Å². The molecule has 0 aliphatic rings. The van der Waals surface area contributed by atoms with E-state index in [9.17, 15) is 0 Å². The lowest BCUT2D eigenvalue weighted by Crippen LogP contribution is -2.29. The monoisotopic (exact) mass is 129 g/mol. The van der Waals surface area contributed by atoms with Crippen molar-refractivity contribution in [1.82, 2.24) is 5.32 Å². The maximum Gasteiger partial charge on any atom is 0.0613 e. The quantitative estimate of drug-likeness (QED) is 0.554. The molecule has 2 heteroatoms. The van der Waals surface area contributed by atoms with Crippen LogP contribution in [0.15, 0.2) is 12.7 Å². The number of hydrogen-bond acceptors (Lipinski definition) is 2. The molecule has 0 heterocycles. The van der Waals surface area contributed by atoms with Gasteiger partial charge in [0, 0.05) is 19.7 Å². The summed E-state index contributed by atoms with van der Waals surface area (Å²) in [4.78, 5) is 0. The van der Waals surface area contributed by atoms with Gasteiger partial charge in [0.2, 0.25) is 0 Å². The minimum atomic E-state index is 0.424. The van der Waals surface area contributed by atoms with E-state index in [1.165, 1.54) is 0 Å². The number of ether oxygens (including phenoxy) is 1. The van der Waals surface area contributed by atoms with Crippen LogP contribution < -0.4 is 5.32 Å². The van der Waals surface area contributed by atoms with E-state index in [4.69, 9.17) is 4.74 Å². The molecule has 9 heavy (non-hydrogen) atoms. The molecular formula is C7H15NO. The number of hydrogen-bond donors (Lipinski definition) is 1. The molecule has 0 radical (unpaired) electrons. The van der Waals surface area contributed by atoms with E-state index in [-0.39, 0.29) is 0 Å². The molecule has 0 aliphatic heterocycles. The van der Waals surface area contributed by atoms with Crippen molar-refractivity contribution in [3.63, 3.8) is 0 Å². The van der Waals surface area contributed by atoms with Gasteiger partial charge in [-0.3, -0.25) is 0 Å². The zero-order valence-corrected chi connectivity index (χ0v) is 6.18. The molecular weight excluding hydrogens is 114 g/mol. The summed E-state index contributed by atoms with van der Waals surface area (Å²) in [5, 5.41) is 3.19. The predicted molar refractivity (Wildman–Crippen MR) is 39.5 cm³/mol. The molecule has 0 saturated heterocycles. The van der Waals surface area contributed by atoms with Crippen LogP contribution in [-0.2, 0) is 4.74 Å². The summed E-state index contributed by atoms with van der Waals surface area (Å²) in [5.41, 5.74) is 0. The third-order valence-corrected chi connectivity index (χ3v) is 1.03. The SMILES string of the molecule is C=CCN[C@@H](C)COC. The highest BCUT2D eigenvalue weighted by Crippen LogP contribution is 1.79. The van der Waals surface area contributed by atoms with Gasteiger partial charge in [0.15, 0.2) is 0 Å². The zero-order chi connectivity index (χ0) is 7.11. The van der Waals surface area contributed by atoms with Gasteiger partial charge in [-0.05, 0) is 6.92 Å². The van der Waals surface area contributed by atoms with Crippen LogP contribution in [0, 0.1) is 0 Å². The third-order valence-electron chi connectivity index (χ3n) is 1.03. The topological polar surface area (TPSA) is 21.3 Å². The van der Waals surface area contributed by atoms with Crippen molar-refractivity contribution in [2.75, 3.05) is 20.3 Å². The molecule has 0 fully saturated rings. The molecule has 54 valence electrons. The molecule has 0 amide bonds. The number of nitrogens with one attached hydrogen (secondary N) is 1. The lowest BCUT2D eigenvalue weighted by atomic mass is 10.3. The maximum atomic E-state index is 4.90. The van der Waals surface area contributed by atoms with Crippen molar-refractivity contribution < 1.29 is 4.74 Å². The first-order chi connectivity index (χ1) is 4.31. The van der Waals surface area contributed by atoms with Crippen molar-refractivity contribution >= 4 is 0 Å². The molecule has 0 unspecified atom stereocenters. The molecule has 1 atom stereocenters. The lowest BCUT2D eigenvalue weighted by Gasteiger charge is -2.09. The van der Waals surface area contributed by atoms with Crippen molar-refractivity contribution in [2.45, 2.75) is 13.0 Å². The summed E-state index contributed by atoms with van der Waals surface area (Å²) < 4.78 is 4.90. The van der Waals surface area contributed by atoms with Crippen molar-refractivity contribution in [2.24, 2.45) is 0 Å². The van der Waals surface area contributed by atoms with Crippen LogP contribution >= 0.6 is 0 Å². The molecule has 0 aromatic rings. The smallest absolute Gasteiger partial charge is 0.0613 e. The van der Waals surface area contributed by atoms with Crippen molar-refractivity contribution in [3.8, 4) is 0 Å². The largest absolute Gasteiger partial charge is 0.383 e. The lowest BCUT2D eigenvalue weighted by molar-refractivity contribution is 0.174. The average molecular weight is 129 g/mol. The van der Waals surface area contributed by atoms with Crippen molar-refractivity contribution in [1.29, 1.82) is 0 Å². The summed E-state index contributed by atoms with van der Waals surface area (Å²) in [5.74, 6) is 0. The van der Waals surface area contributed by atoms with Gasteiger partial charge in [-0.15, -0.1) is 6.58 Å². The number of rotatable bonds is 5. The third kappa shape index (κ3) is 5.53. The Hall–Kier alpha value is -0.340. The van der Waals surface area contributed by atoms with Crippen LogP contribution in [0.4, 0.5) is 0 Å². The van der Waals surface area contributed by atoms with Gasteiger partial charge in [-0.25, -0.2) is 0 Å². The Morgan fingerprint density at radius 3 is 2.89 bits per heavy atom. The minimum absolute atomic E-state index is 0.424. The molecule has 1 N–H and O–H groups in total. The second-order valence-electron chi connectivity index (χ2n) is 2.05. The highest BCUT2D eigenvalue weighted by molar-refractivity contribution is 4.72. The maximum absolute atomic E-state index is 4.90. The van der Waals surface area contributed by atoms with E-state index < -0.39 is 0 Å². The van der Waals surface area contributed by atoms with Crippen LogP contribution in [-0.4, -0.2) is 26.3 Å². The van der Waals surface area contributed by atoms with Gasteiger partial charge in [-0.1, -0.05) is 6.08 Å². The molecule has 0 saturated carbocycles. The first-order valence-corrected chi connectivity index (χ1v) is 3.14. The van der Waals surface area contributed by atoms with E-state index in [0.717, 1.165) is 13.2 Å². The van der Waals surface area contributed by atoms with Crippen LogP contribution in [0.1, 0.15) is 6.92 Å². The van der Waals surface area contributed by atoms with Gasteiger partial charge >= 0.3 is 0 Å². The fraction of sp³-hybridized carbons (Fsp3) is 0.714. The van der Waals surface area contributed by atoms with Crippen LogP contribution in [0.2, 0.25) is 0 Å². The Labute approximate surface area is 56.9 Å². The summed E-state index contributed by atoms with van der Waals surface area (Å²) in [6.45, 7) is 7.28. The van der Waals surface area contributed by atoms with E-state index in [1.807, 2.05) is 6.08 Å². The van der Waals surface area contributed by atoms with E-state index in [1.54, 1.807) is 7.11 Å². The average Bonchev–Trinajstić information content (AvgIpc) is 1.85. The second kappa shape index (κ2) is 5.79. The molecule has 2 nitrogen and oxygen atoms in total.